The number of nitro groups is 1. The van der Waals surface area contributed by atoms with E-state index in [1.807, 2.05) is 24.3 Å². The Balaban J connectivity index is 1.97. The zero-order valence-corrected chi connectivity index (χ0v) is 11.7. The van der Waals surface area contributed by atoms with Crippen LogP contribution in [0.2, 0.25) is 5.02 Å². The summed E-state index contributed by atoms with van der Waals surface area (Å²) in [7, 11) is 0. The summed E-state index contributed by atoms with van der Waals surface area (Å²) in [5, 5.41) is 14.6. The molecule has 2 aromatic rings. The van der Waals surface area contributed by atoms with Crippen molar-refractivity contribution in [1.82, 2.24) is 4.98 Å². The molecule has 0 aliphatic carbocycles. The molecule has 104 valence electrons. The fraction of sp³-hybridized carbons (Fsp3) is 0.214. The number of pyridine rings is 1. The number of benzene rings is 1. The van der Waals surface area contributed by atoms with E-state index in [2.05, 4.69) is 10.3 Å². The fourth-order valence-corrected chi connectivity index (χ4v) is 2.09. The number of aromatic nitrogens is 1. The molecule has 2 rings (SSSR count). The van der Waals surface area contributed by atoms with Crippen molar-refractivity contribution in [1.29, 1.82) is 0 Å². The number of halogens is 1. The van der Waals surface area contributed by atoms with E-state index in [9.17, 15) is 10.1 Å². The number of hydrogen-bond donors (Lipinski definition) is 1. The van der Waals surface area contributed by atoms with Gasteiger partial charge >= 0.3 is 0 Å². The van der Waals surface area contributed by atoms with Crippen molar-refractivity contribution in [2.24, 2.45) is 0 Å². The van der Waals surface area contributed by atoms with Gasteiger partial charge in [0.2, 0.25) is 0 Å². The monoisotopic (exact) mass is 291 g/mol. The van der Waals surface area contributed by atoms with Crippen LogP contribution >= 0.6 is 11.6 Å². The lowest BCUT2D eigenvalue weighted by molar-refractivity contribution is -0.385. The summed E-state index contributed by atoms with van der Waals surface area (Å²) < 4.78 is 0. The van der Waals surface area contributed by atoms with Crippen LogP contribution in [-0.4, -0.2) is 16.5 Å². The molecule has 1 aromatic heterocycles. The molecule has 20 heavy (non-hydrogen) atoms. The predicted octanol–water partition coefficient (Wildman–Crippen LogP) is 3.61. The van der Waals surface area contributed by atoms with E-state index < -0.39 is 4.92 Å². The molecule has 0 unspecified atom stereocenters. The van der Waals surface area contributed by atoms with Crippen molar-refractivity contribution in [3.8, 4) is 0 Å². The average molecular weight is 292 g/mol. The van der Waals surface area contributed by atoms with Crippen molar-refractivity contribution in [3.05, 3.63) is 62.8 Å². The number of nitrogens with one attached hydrogen (secondary N) is 1. The Morgan fingerprint density at radius 3 is 2.80 bits per heavy atom. The Labute approximate surface area is 121 Å². The van der Waals surface area contributed by atoms with Gasteiger partial charge in [-0.1, -0.05) is 29.8 Å². The first-order valence-corrected chi connectivity index (χ1v) is 6.54. The van der Waals surface area contributed by atoms with E-state index in [0.29, 0.717) is 17.9 Å². The van der Waals surface area contributed by atoms with E-state index in [1.54, 1.807) is 13.0 Å². The van der Waals surface area contributed by atoms with E-state index in [4.69, 9.17) is 11.6 Å². The molecule has 1 heterocycles. The second-order valence-corrected chi connectivity index (χ2v) is 4.79. The second kappa shape index (κ2) is 6.34. The third kappa shape index (κ3) is 3.45. The van der Waals surface area contributed by atoms with Crippen molar-refractivity contribution in [2.45, 2.75) is 13.3 Å². The molecule has 0 spiro atoms. The highest BCUT2D eigenvalue weighted by molar-refractivity contribution is 6.31. The molecule has 0 saturated heterocycles. The molecule has 5 nitrogen and oxygen atoms in total. The minimum absolute atomic E-state index is 0.0293. The van der Waals surface area contributed by atoms with Crippen molar-refractivity contribution in [3.63, 3.8) is 0 Å². The fourth-order valence-electron chi connectivity index (χ4n) is 1.86. The normalized spacial score (nSPS) is 10.3. The third-order valence-corrected chi connectivity index (χ3v) is 3.31. The molecular weight excluding hydrogens is 278 g/mol. The number of anilines is 1. The summed E-state index contributed by atoms with van der Waals surface area (Å²) in [5.41, 5.74) is 1.67. The van der Waals surface area contributed by atoms with Gasteiger partial charge < -0.3 is 5.32 Å². The maximum absolute atomic E-state index is 10.7. The van der Waals surface area contributed by atoms with Crippen molar-refractivity contribution < 1.29 is 4.92 Å². The lowest BCUT2D eigenvalue weighted by Gasteiger charge is -2.07. The van der Waals surface area contributed by atoms with Crippen LogP contribution in [0.5, 0.6) is 0 Å². The Kier molecular flexibility index (Phi) is 4.53. The van der Waals surface area contributed by atoms with Gasteiger partial charge in [0, 0.05) is 17.1 Å². The van der Waals surface area contributed by atoms with Crippen LogP contribution in [0.4, 0.5) is 11.5 Å². The van der Waals surface area contributed by atoms with Crippen LogP contribution in [0.15, 0.2) is 36.5 Å². The summed E-state index contributed by atoms with van der Waals surface area (Å²) in [5.74, 6) is 0.625. The Bertz CT molecular complexity index is 632. The van der Waals surface area contributed by atoms with Crippen LogP contribution < -0.4 is 5.32 Å². The topological polar surface area (TPSA) is 68.1 Å². The van der Waals surface area contributed by atoms with E-state index >= 15 is 0 Å². The summed E-state index contributed by atoms with van der Waals surface area (Å²) in [6.45, 7) is 2.35. The summed E-state index contributed by atoms with van der Waals surface area (Å²) in [6, 6.07) is 9.32. The van der Waals surface area contributed by atoms with Crippen LogP contribution in [0.3, 0.4) is 0 Å². The molecule has 0 amide bonds. The van der Waals surface area contributed by atoms with Gasteiger partial charge in [0.25, 0.3) is 5.69 Å². The summed E-state index contributed by atoms with van der Waals surface area (Å²) in [6.07, 6.45) is 2.03. The van der Waals surface area contributed by atoms with Gasteiger partial charge in [-0.15, -0.1) is 0 Å². The molecule has 0 fully saturated rings. The molecule has 0 bridgehead atoms. The van der Waals surface area contributed by atoms with Gasteiger partial charge in [-0.05, 0) is 31.0 Å². The molecule has 0 saturated carbocycles. The van der Waals surface area contributed by atoms with Gasteiger partial charge in [0.05, 0.1) is 4.92 Å². The van der Waals surface area contributed by atoms with Crippen LogP contribution in [0.25, 0.3) is 0 Å². The maximum Gasteiger partial charge on any atom is 0.290 e. The standard InChI is InChI=1S/C14H14ClN3O2/c1-10-8-14(17-9-13(10)18(19)20)16-7-6-11-4-2-3-5-12(11)15/h2-5,8-9H,6-7H2,1H3,(H,16,17). The Morgan fingerprint density at radius 1 is 1.40 bits per heavy atom. The molecule has 6 heteroatoms. The number of rotatable bonds is 5. The lowest BCUT2D eigenvalue weighted by Crippen LogP contribution is -2.07. The van der Waals surface area contributed by atoms with E-state index in [1.165, 1.54) is 6.20 Å². The number of nitrogens with zero attached hydrogens (tertiary/aromatic N) is 2. The smallest absolute Gasteiger partial charge is 0.290 e. The lowest BCUT2D eigenvalue weighted by atomic mass is 10.1. The van der Waals surface area contributed by atoms with Crippen molar-refractivity contribution in [2.75, 3.05) is 11.9 Å². The molecule has 1 aromatic carbocycles. The molecule has 0 aliphatic heterocycles. The minimum atomic E-state index is -0.435. The first-order chi connectivity index (χ1) is 9.58. The SMILES string of the molecule is Cc1cc(NCCc2ccccc2Cl)ncc1[N+](=O)[O-]. The van der Waals surface area contributed by atoms with Crippen molar-refractivity contribution >= 4 is 23.1 Å². The zero-order valence-electron chi connectivity index (χ0n) is 11.0. The first-order valence-electron chi connectivity index (χ1n) is 6.16. The molecule has 1 N–H and O–H groups in total. The number of hydrogen-bond acceptors (Lipinski definition) is 4. The minimum Gasteiger partial charge on any atom is -0.370 e. The average Bonchev–Trinajstić information content (AvgIpc) is 2.40. The van der Waals surface area contributed by atoms with Crippen LogP contribution in [0, 0.1) is 17.0 Å². The van der Waals surface area contributed by atoms with Crippen LogP contribution in [-0.2, 0) is 6.42 Å². The maximum atomic E-state index is 10.7. The Morgan fingerprint density at radius 2 is 2.15 bits per heavy atom. The van der Waals surface area contributed by atoms with E-state index in [-0.39, 0.29) is 5.69 Å². The number of aryl methyl sites for hydroxylation is 1. The highest BCUT2D eigenvalue weighted by atomic mass is 35.5. The summed E-state index contributed by atoms with van der Waals surface area (Å²) in [4.78, 5) is 14.3. The van der Waals surface area contributed by atoms with Gasteiger partial charge in [-0.3, -0.25) is 10.1 Å². The first kappa shape index (κ1) is 14.3. The Hall–Kier alpha value is -2.14. The highest BCUT2D eigenvalue weighted by Gasteiger charge is 2.11. The third-order valence-electron chi connectivity index (χ3n) is 2.94. The predicted molar refractivity (Wildman–Crippen MR) is 79.3 cm³/mol. The molecular formula is C14H14ClN3O2. The quantitative estimate of drug-likeness (QED) is 0.675. The molecule has 0 atom stereocenters. The zero-order chi connectivity index (χ0) is 14.5. The van der Waals surface area contributed by atoms with Gasteiger partial charge in [-0.25, -0.2) is 4.98 Å². The molecule has 0 aliphatic rings. The largest absolute Gasteiger partial charge is 0.370 e. The van der Waals surface area contributed by atoms with Gasteiger partial charge in [0.1, 0.15) is 12.0 Å². The van der Waals surface area contributed by atoms with Gasteiger partial charge in [-0.2, -0.15) is 0 Å². The molecule has 0 radical (unpaired) electrons. The van der Waals surface area contributed by atoms with Gasteiger partial charge in [0.15, 0.2) is 0 Å². The van der Waals surface area contributed by atoms with E-state index in [0.717, 1.165) is 17.0 Å². The second-order valence-electron chi connectivity index (χ2n) is 4.38. The highest BCUT2D eigenvalue weighted by Crippen LogP contribution is 2.19. The summed E-state index contributed by atoms with van der Waals surface area (Å²) >= 11 is 6.07. The van der Waals surface area contributed by atoms with Crippen LogP contribution in [0.1, 0.15) is 11.1 Å².